The molecule has 2 aliphatic rings. The second-order valence-corrected chi connectivity index (χ2v) is 7.45. The number of benzene rings is 1. The van der Waals surface area contributed by atoms with Crippen LogP contribution in [0.5, 0.6) is 11.5 Å². The summed E-state index contributed by atoms with van der Waals surface area (Å²) in [4.78, 5) is 14.8. The van der Waals surface area contributed by atoms with E-state index in [1.165, 1.54) is 0 Å². The molecular weight excluding hydrogens is 340 g/mol. The van der Waals surface area contributed by atoms with Gasteiger partial charge in [0.2, 0.25) is 0 Å². The van der Waals surface area contributed by atoms with Crippen LogP contribution in [0.4, 0.5) is 0 Å². The summed E-state index contributed by atoms with van der Waals surface area (Å²) in [6.45, 7) is 6.42. The lowest BCUT2D eigenvalue weighted by Gasteiger charge is -2.20. The Labute approximate surface area is 156 Å². The molecular formula is C19H29ClN2O3. The van der Waals surface area contributed by atoms with Crippen molar-refractivity contribution < 1.29 is 14.3 Å². The molecule has 0 bridgehead atoms. The zero-order valence-corrected chi connectivity index (χ0v) is 16.1. The quantitative estimate of drug-likeness (QED) is 0.867. The standard InChI is InChI=1S/C19H28N2O3.ClH/c1-12(2)11-24-17-7-5-13(8-18(17)23-3)19(22)21-9-14-4-6-16(20)15(14)10-21;/h5,7-8,12,14-16H,4,6,9-11,20H2,1-3H3;1H. The Hall–Kier alpha value is -1.46. The van der Waals surface area contributed by atoms with Crippen LogP contribution in [0.15, 0.2) is 18.2 Å². The Kier molecular flexibility index (Phi) is 6.58. The van der Waals surface area contributed by atoms with E-state index >= 15 is 0 Å². The molecule has 1 aromatic rings. The van der Waals surface area contributed by atoms with Crippen molar-refractivity contribution in [3.8, 4) is 11.5 Å². The first-order valence-electron chi connectivity index (χ1n) is 8.85. The van der Waals surface area contributed by atoms with Crippen molar-refractivity contribution in [1.29, 1.82) is 0 Å². The van der Waals surface area contributed by atoms with Crippen LogP contribution in [0.1, 0.15) is 37.0 Å². The number of amides is 1. The fourth-order valence-electron chi connectivity index (χ4n) is 3.83. The molecule has 1 aliphatic heterocycles. The first-order valence-corrected chi connectivity index (χ1v) is 8.85. The fraction of sp³-hybridized carbons (Fsp3) is 0.632. The maximum absolute atomic E-state index is 12.8. The first kappa shape index (κ1) is 19.9. The Morgan fingerprint density at radius 2 is 2.04 bits per heavy atom. The summed E-state index contributed by atoms with van der Waals surface area (Å²) in [6.07, 6.45) is 2.23. The molecule has 140 valence electrons. The van der Waals surface area contributed by atoms with Crippen LogP contribution in [-0.4, -0.2) is 43.7 Å². The number of carbonyl (C=O) groups excluding carboxylic acids is 1. The third-order valence-electron chi connectivity index (χ3n) is 5.18. The van der Waals surface area contributed by atoms with E-state index in [2.05, 4.69) is 13.8 Å². The Balaban J connectivity index is 0.00000225. The molecule has 3 atom stereocenters. The lowest BCUT2D eigenvalue weighted by atomic mass is 9.98. The number of carbonyl (C=O) groups is 1. The lowest BCUT2D eigenvalue weighted by molar-refractivity contribution is 0.0779. The maximum Gasteiger partial charge on any atom is 0.254 e. The summed E-state index contributed by atoms with van der Waals surface area (Å²) in [5.74, 6) is 2.82. The predicted molar refractivity (Wildman–Crippen MR) is 101 cm³/mol. The van der Waals surface area contributed by atoms with Gasteiger partial charge in [0.25, 0.3) is 5.91 Å². The van der Waals surface area contributed by atoms with Gasteiger partial charge in [0.15, 0.2) is 11.5 Å². The number of fused-ring (bicyclic) bond motifs is 1. The van der Waals surface area contributed by atoms with Gasteiger partial charge in [0, 0.05) is 24.7 Å². The highest BCUT2D eigenvalue weighted by atomic mass is 35.5. The second-order valence-electron chi connectivity index (χ2n) is 7.45. The van der Waals surface area contributed by atoms with Crippen molar-refractivity contribution in [1.82, 2.24) is 4.90 Å². The molecule has 0 aromatic heterocycles. The highest BCUT2D eigenvalue weighted by molar-refractivity contribution is 5.95. The van der Waals surface area contributed by atoms with Crippen molar-refractivity contribution in [3.05, 3.63) is 23.8 Å². The van der Waals surface area contributed by atoms with Gasteiger partial charge in [-0.05, 0) is 48.8 Å². The second kappa shape index (κ2) is 8.28. The van der Waals surface area contributed by atoms with E-state index < -0.39 is 0 Å². The number of nitrogens with two attached hydrogens (primary N) is 1. The van der Waals surface area contributed by atoms with Crippen LogP contribution >= 0.6 is 12.4 Å². The van der Waals surface area contributed by atoms with E-state index in [1.807, 2.05) is 17.0 Å². The fourth-order valence-corrected chi connectivity index (χ4v) is 3.83. The van der Waals surface area contributed by atoms with Crippen LogP contribution in [-0.2, 0) is 0 Å². The molecule has 3 rings (SSSR count). The zero-order chi connectivity index (χ0) is 17.3. The van der Waals surface area contributed by atoms with E-state index in [4.69, 9.17) is 15.2 Å². The van der Waals surface area contributed by atoms with E-state index in [0.29, 0.717) is 41.4 Å². The van der Waals surface area contributed by atoms with Crippen molar-refractivity contribution >= 4 is 18.3 Å². The minimum Gasteiger partial charge on any atom is -0.493 e. The smallest absolute Gasteiger partial charge is 0.254 e. The van der Waals surface area contributed by atoms with Crippen LogP contribution < -0.4 is 15.2 Å². The van der Waals surface area contributed by atoms with Gasteiger partial charge >= 0.3 is 0 Å². The minimum absolute atomic E-state index is 0. The molecule has 0 radical (unpaired) electrons. The van der Waals surface area contributed by atoms with Gasteiger partial charge < -0.3 is 20.1 Å². The number of nitrogens with zero attached hydrogens (tertiary/aromatic N) is 1. The molecule has 25 heavy (non-hydrogen) atoms. The molecule has 3 unspecified atom stereocenters. The SMILES string of the molecule is COc1cc(C(=O)N2CC3CCC(N)C3C2)ccc1OCC(C)C.Cl. The third-order valence-corrected chi connectivity index (χ3v) is 5.18. The van der Waals surface area contributed by atoms with Crippen LogP contribution in [0, 0.1) is 17.8 Å². The molecule has 2 N–H and O–H groups in total. The van der Waals surface area contributed by atoms with Crippen molar-refractivity contribution in [2.24, 2.45) is 23.5 Å². The molecule has 1 aromatic carbocycles. The highest BCUT2D eigenvalue weighted by Gasteiger charge is 2.42. The Morgan fingerprint density at radius 1 is 1.28 bits per heavy atom. The molecule has 1 saturated carbocycles. The summed E-state index contributed by atoms with van der Waals surface area (Å²) in [5.41, 5.74) is 6.82. The monoisotopic (exact) mass is 368 g/mol. The van der Waals surface area contributed by atoms with Gasteiger partial charge in [0.05, 0.1) is 13.7 Å². The average molecular weight is 369 g/mol. The van der Waals surface area contributed by atoms with Gasteiger partial charge in [-0.3, -0.25) is 4.79 Å². The molecule has 1 aliphatic carbocycles. The number of hydrogen-bond acceptors (Lipinski definition) is 4. The predicted octanol–water partition coefficient (Wildman–Crippen LogP) is 2.96. The minimum atomic E-state index is 0. The van der Waals surface area contributed by atoms with E-state index in [1.54, 1.807) is 13.2 Å². The van der Waals surface area contributed by atoms with E-state index in [0.717, 1.165) is 25.9 Å². The van der Waals surface area contributed by atoms with Crippen molar-refractivity contribution in [2.45, 2.75) is 32.7 Å². The zero-order valence-electron chi connectivity index (χ0n) is 15.2. The number of halogens is 1. The number of ether oxygens (including phenoxy) is 2. The molecule has 0 spiro atoms. The van der Waals surface area contributed by atoms with Crippen molar-refractivity contribution in [2.75, 3.05) is 26.8 Å². The molecule has 5 nitrogen and oxygen atoms in total. The topological polar surface area (TPSA) is 64.8 Å². The third kappa shape index (κ3) is 4.21. The van der Waals surface area contributed by atoms with Gasteiger partial charge in [0.1, 0.15) is 0 Å². The summed E-state index contributed by atoms with van der Waals surface area (Å²) in [7, 11) is 1.60. The van der Waals surface area contributed by atoms with E-state index in [9.17, 15) is 4.79 Å². The summed E-state index contributed by atoms with van der Waals surface area (Å²) in [5, 5.41) is 0. The summed E-state index contributed by atoms with van der Waals surface area (Å²) < 4.78 is 11.2. The largest absolute Gasteiger partial charge is 0.493 e. The van der Waals surface area contributed by atoms with Crippen molar-refractivity contribution in [3.63, 3.8) is 0 Å². The summed E-state index contributed by atoms with van der Waals surface area (Å²) in [6, 6.07) is 5.69. The van der Waals surface area contributed by atoms with Gasteiger partial charge in [-0.2, -0.15) is 0 Å². The molecule has 1 saturated heterocycles. The van der Waals surface area contributed by atoms with Gasteiger partial charge in [-0.1, -0.05) is 13.8 Å². The molecule has 6 heteroatoms. The van der Waals surface area contributed by atoms with Crippen LogP contribution in [0.3, 0.4) is 0 Å². The highest BCUT2D eigenvalue weighted by Crippen LogP contribution is 2.38. The average Bonchev–Trinajstić information content (AvgIpc) is 3.14. The molecule has 2 fully saturated rings. The van der Waals surface area contributed by atoms with Crippen LogP contribution in [0.2, 0.25) is 0 Å². The number of rotatable bonds is 5. The Bertz CT molecular complexity index is 608. The van der Waals surface area contributed by atoms with Crippen LogP contribution in [0.25, 0.3) is 0 Å². The summed E-state index contributed by atoms with van der Waals surface area (Å²) >= 11 is 0. The normalized spacial score (nSPS) is 24.8. The first-order chi connectivity index (χ1) is 11.5. The molecule has 1 heterocycles. The molecule has 1 amide bonds. The number of likely N-dealkylation sites (tertiary alicyclic amines) is 1. The van der Waals surface area contributed by atoms with Gasteiger partial charge in [-0.25, -0.2) is 0 Å². The lowest BCUT2D eigenvalue weighted by Crippen LogP contribution is -2.33. The van der Waals surface area contributed by atoms with Gasteiger partial charge in [-0.15, -0.1) is 12.4 Å². The van der Waals surface area contributed by atoms with E-state index in [-0.39, 0.29) is 24.4 Å². The number of hydrogen-bond donors (Lipinski definition) is 1. The Morgan fingerprint density at radius 3 is 2.68 bits per heavy atom. The number of methoxy groups -OCH3 is 1. The maximum atomic E-state index is 12.8.